The number of rotatable bonds is 2. The SMILES string of the molecule is O=C1CN(C2CC(C(=O)O)C2)c2cc(Br)ccc2N1. The smallest absolute Gasteiger partial charge is 0.306 e. The van der Waals surface area contributed by atoms with Crippen LogP contribution < -0.4 is 10.2 Å². The maximum Gasteiger partial charge on any atom is 0.306 e. The van der Waals surface area contributed by atoms with Crippen molar-refractivity contribution in [1.29, 1.82) is 0 Å². The summed E-state index contributed by atoms with van der Waals surface area (Å²) in [6.07, 6.45) is 1.21. The molecule has 1 saturated carbocycles. The summed E-state index contributed by atoms with van der Waals surface area (Å²) in [5.74, 6) is -1.06. The Morgan fingerprint density at radius 1 is 1.42 bits per heavy atom. The van der Waals surface area contributed by atoms with Gasteiger partial charge < -0.3 is 15.3 Å². The van der Waals surface area contributed by atoms with E-state index in [2.05, 4.69) is 21.2 Å². The van der Waals surface area contributed by atoms with Gasteiger partial charge in [0.1, 0.15) is 0 Å². The molecule has 3 rings (SSSR count). The molecule has 5 nitrogen and oxygen atoms in total. The van der Waals surface area contributed by atoms with E-state index in [0.29, 0.717) is 19.4 Å². The van der Waals surface area contributed by atoms with Crippen molar-refractivity contribution >= 4 is 39.2 Å². The normalized spacial score (nSPS) is 25.3. The first-order valence-electron chi connectivity index (χ1n) is 6.13. The van der Waals surface area contributed by atoms with Crippen LogP contribution >= 0.6 is 15.9 Å². The summed E-state index contributed by atoms with van der Waals surface area (Å²) in [6.45, 7) is 0.292. The third-order valence-corrected chi connectivity index (χ3v) is 4.25. The van der Waals surface area contributed by atoms with Gasteiger partial charge in [0.15, 0.2) is 0 Å². The first-order valence-corrected chi connectivity index (χ1v) is 6.93. The molecule has 0 atom stereocenters. The number of anilines is 2. The zero-order chi connectivity index (χ0) is 13.6. The second-order valence-electron chi connectivity index (χ2n) is 5.00. The Hall–Kier alpha value is -1.56. The lowest BCUT2D eigenvalue weighted by molar-refractivity contribution is -0.145. The van der Waals surface area contributed by atoms with Gasteiger partial charge in [-0.1, -0.05) is 15.9 Å². The molecular formula is C13H13BrN2O3. The summed E-state index contributed by atoms with van der Waals surface area (Å²) in [6, 6.07) is 5.84. The molecule has 1 fully saturated rings. The largest absolute Gasteiger partial charge is 0.481 e. The second-order valence-corrected chi connectivity index (χ2v) is 5.91. The van der Waals surface area contributed by atoms with Gasteiger partial charge in [-0.25, -0.2) is 0 Å². The van der Waals surface area contributed by atoms with Gasteiger partial charge in [-0.15, -0.1) is 0 Å². The van der Waals surface area contributed by atoms with Crippen molar-refractivity contribution in [2.24, 2.45) is 5.92 Å². The Balaban J connectivity index is 1.85. The fourth-order valence-electron chi connectivity index (χ4n) is 2.65. The average molecular weight is 325 g/mol. The summed E-state index contributed by atoms with van der Waals surface area (Å²) < 4.78 is 0.946. The van der Waals surface area contributed by atoms with Crippen molar-refractivity contribution in [1.82, 2.24) is 0 Å². The van der Waals surface area contributed by atoms with E-state index in [4.69, 9.17) is 5.11 Å². The number of aliphatic carboxylic acids is 1. The predicted molar refractivity (Wildman–Crippen MR) is 74.3 cm³/mol. The van der Waals surface area contributed by atoms with Gasteiger partial charge in [0.05, 0.1) is 23.8 Å². The number of benzene rings is 1. The molecule has 0 saturated heterocycles. The Bertz CT molecular complexity index is 555. The zero-order valence-electron chi connectivity index (χ0n) is 10.1. The van der Waals surface area contributed by atoms with E-state index >= 15 is 0 Å². The van der Waals surface area contributed by atoms with E-state index in [9.17, 15) is 9.59 Å². The van der Waals surface area contributed by atoms with E-state index < -0.39 is 5.97 Å². The van der Waals surface area contributed by atoms with Crippen LogP contribution in [0.5, 0.6) is 0 Å². The number of fused-ring (bicyclic) bond motifs is 1. The van der Waals surface area contributed by atoms with Crippen LogP contribution in [0.25, 0.3) is 0 Å². The molecule has 1 aromatic carbocycles. The van der Waals surface area contributed by atoms with Crippen LogP contribution in [0.2, 0.25) is 0 Å². The van der Waals surface area contributed by atoms with Crippen LogP contribution in [0, 0.1) is 5.92 Å². The Morgan fingerprint density at radius 2 is 2.16 bits per heavy atom. The number of nitrogens with one attached hydrogen (secondary N) is 1. The lowest BCUT2D eigenvalue weighted by Gasteiger charge is -2.44. The van der Waals surface area contributed by atoms with Crippen LogP contribution in [-0.2, 0) is 9.59 Å². The van der Waals surface area contributed by atoms with Crippen LogP contribution in [0.15, 0.2) is 22.7 Å². The van der Waals surface area contributed by atoms with Gasteiger partial charge in [0, 0.05) is 10.5 Å². The number of carbonyl (C=O) groups is 2. The lowest BCUT2D eigenvalue weighted by atomic mass is 9.79. The molecule has 0 spiro atoms. The molecule has 1 amide bonds. The maximum absolute atomic E-state index is 11.7. The van der Waals surface area contributed by atoms with E-state index in [0.717, 1.165) is 15.8 Å². The molecule has 1 aliphatic carbocycles. The minimum absolute atomic E-state index is 0.0476. The van der Waals surface area contributed by atoms with Gasteiger partial charge >= 0.3 is 5.97 Å². The van der Waals surface area contributed by atoms with Crippen molar-refractivity contribution in [3.8, 4) is 0 Å². The number of hydrogen-bond acceptors (Lipinski definition) is 3. The molecule has 100 valence electrons. The second kappa shape index (κ2) is 4.52. The van der Waals surface area contributed by atoms with Crippen molar-refractivity contribution in [2.45, 2.75) is 18.9 Å². The van der Waals surface area contributed by atoms with Gasteiger partial charge in [-0.05, 0) is 31.0 Å². The third-order valence-electron chi connectivity index (χ3n) is 3.76. The van der Waals surface area contributed by atoms with E-state index in [1.807, 2.05) is 23.1 Å². The molecule has 0 aromatic heterocycles. The monoisotopic (exact) mass is 324 g/mol. The van der Waals surface area contributed by atoms with E-state index in [-0.39, 0.29) is 17.9 Å². The number of carboxylic acid groups (broad SMARTS) is 1. The van der Waals surface area contributed by atoms with Gasteiger partial charge in [0.25, 0.3) is 0 Å². The van der Waals surface area contributed by atoms with E-state index in [1.54, 1.807) is 0 Å². The minimum Gasteiger partial charge on any atom is -0.481 e. The minimum atomic E-state index is -0.743. The Kier molecular flexibility index (Phi) is 2.97. The predicted octanol–water partition coefficient (Wildman–Crippen LogP) is 2.07. The number of halogens is 1. The molecule has 0 radical (unpaired) electrons. The highest BCUT2D eigenvalue weighted by molar-refractivity contribution is 9.10. The summed E-state index contributed by atoms with van der Waals surface area (Å²) >= 11 is 3.42. The van der Waals surface area contributed by atoms with Crippen molar-refractivity contribution < 1.29 is 14.7 Å². The molecule has 1 heterocycles. The fourth-order valence-corrected chi connectivity index (χ4v) is 3.00. The maximum atomic E-state index is 11.7. The summed E-state index contributed by atoms with van der Waals surface area (Å²) in [5, 5.41) is 11.8. The van der Waals surface area contributed by atoms with Crippen molar-refractivity contribution in [3.63, 3.8) is 0 Å². The molecule has 19 heavy (non-hydrogen) atoms. The number of amides is 1. The van der Waals surface area contributed by atoms with Crippen LogP contribution in [-0.4, -0.2) is 29.6 Å². The van der Waals surface area contributed by atoms with Gasteiger partial charge in [0.2, 0.25) is 5.91 Å². The molecule has 2 aliphatic rings. The number of nitrogens with zero attached hydrogens (tertiary/aromatic N) is 1. The van der Waals surface area contributed by atoms with Gasteiger partial charge in [-0.3, -0.25) is 9.59 Å². The molecular weight excluding hydrogens is 312 g/mol. The standard InChI is InChI=1S/C13H13BrN2O3/c14-8-1-2-10-11(5-8)16(6-12(17)15-10)9-3-7(4-9)13(18)19/h1-2,5,7,9H,3-4,6H2,(H,15,17)(H,18,19). The highest BCUT2D eigenvalue weighted by Gasteiger charge is 2.40. The summed E-state index contributed by atoms with van der Waals surface area (Å²) in [7, 11) is 0. The van der Waals surface area contributed by atoms with Crippen molar-refractivity contribution in [2.75, 3.05) is 16.8 Å². The van der Waals surface area contributed by atoms with Crippen LogP contribution in [0.1, 0.15) is 12.8 Å². The van der Waals surface area contributed by atoms with Crippen LogP contribution in [0.4, 0.5) is 11.4 Å². The number of carboxylic acids is 1. The summed E-state index contributed by atoms with van der Waals surface area (Å²) in [4.78, 5) is 24.6. The molecule has 6 heteroatoms. The Morgan fingerprint density at radius 3 is 2.84 bits per heavy atom. The topological polar surface area (TPSA) is 69.6 Å². The average Bonchev–Trinajstić information content (AvgIpc) is 2.27. The molecule has 0 bridgehead atoms. The van der Waals surface area contributed by atoms with E-state index in [1.165, 1.54) is 0 Å². The molecule has 1 aromatic rings. The van der Waals surface area contributed by atoms with Crippen LogP contribution in [0.3, 0.4) is 0 Å². The quantitative estimate of drug-likeness (QED) is 0.873. The number of hydrogen-bond donors (Lipinski definition) is 2. The highest BCUT2D eigenvalue weighted by Crippen LogP contribution is 2.40. The molecule has 1 aliphatic heterocycles. The summed E-state index contributed by atoms with van der Waals surface area (Å²) in [5.41, 5.74) is 1.75. The Labute approximate surface area is 118 Å². The molecule has 0 unspecified atom stereocenters. The lowest BCUT2D eigenvalue weighted by Crippen LogP contribution is -2.51. The first-order chi connectivity index (χ1) is 9.04. The zero-order valence-corrected chi connectivity index (χ0v) is 11.7. The fraction of sp³-hybridized carbons (Fsp3) is 0.385. The molecule has 2 N–H and O–H groups in total. The van der Waals surface area contributed by atoms with Crippen molar-refractivity contribution in [3.05, 3.63) is 22.7 Å². The highest BCUT2D eigenvalue weighted by atomic mass is 79.9. The number of carbonyl (C=O) groups excluding carboxylic acids is 1. The third kappa shape index (κ3) is 2.20. The van der Waals surface area contributed by atoms with Gasteiger partial charge in [-0.2, -0.15) is 0 Å². The first kappa shape index (κ1) is 12.5.